The molecular formula is C12H17FN4OS. The number of amides is 1. The summed E-state index contributed by atoms with van der Waals surface area (Å²) >= 11 is 1.22. The van der Waals surface area contributed by atoms with E-state index in [2.05, 4.69) is 13.6 Å². The predicted molar refractivity (Wildman–Crippen MR) is 70.9 cm³/mol. The summed E-state index contributed by atoms with van der Waals surface area (Å²) in [5.74, 6) is 0.961. The van der Waals surface area contributed by atoms with Crippen LogP contribution in [0.3, 0.4) is 0 Å². The van der Waals surface area contributed by atoms with Crippen molar-refractivity contribution < 1.29 is 9.18 Å². The second kappa shape index (κ2) is 5.40. The highest BCUT2D eigenvalue weighted by molar-refractivity contribution is 6.99. The number of anilines is 1. The molecule has 0 radical (unpaired) electrons. The van der Waals surface area contributed by atoms with Crippen LogP contribution >= 0.6 is 11.7 Å². The molecule has 0 aromatic carbocycles. The van der Waals surface area contributed by atoms with Gasteiger partial charge in [0.15, 0.2) is 5.82 Å². The summed E-state index contributed by atoms with van der Waals surface area (Å²) in [6, 6.07) is 0.270. The molecule has 19 heavy (non-hydrogen) atoms. The third-order valence-electron chi connectivity index (χ3n) is 4.04. The number of likely N-dealkylation sites (tertiary alicyclic amines) is 1. The fraction of sp³-hybridized carbons (Fsp3) is 0.750. The Kier molecular flexibility index (Phi) is 3.63. The Hall–Kier alpha value is -1.24. The van der Waals surface area contributed by atoms with Gasteiger partial charge in [0.1, 0.15) is 0 Å². The van der Waals surface area contributed by atoms with Gasteiger partial charge in [-0.3, -0.25) is 9.18 Å². The third kappa shape index (κ3) is 2.56. The molecule has 7 heteroatoms. The number of halogens is 1. The number of carbonyl (C=O) groups excluding carboxylic acids is 1. The number of rotatable bonds is 3. The van der Waals surface area contributed by atoms with Gasteiger partial charge in [-0.05, 0) is 12.8 Å². The van der Waals surface area contributed by atoms with Crippen molar-refractivity contribution in [3.8, 4) is 0 Å². The van der Waals surface area contributed by atoms with E-state index in [-0.39, 0.29) is 24.5 Å². The molecule has 2 fully saturated rings. The van der Waals surface area contributed by atoms with Crippen LogP contribution in [0, 0.1) is 5.92 Å². The summed E-state index contributed by atoms with van der Waals surface area (Å²) < 4.78 is 20.9. The van der Waals surface area contributed by atoms with Gasteiger partial charge in [0.05, 0.1) is 24.6 Å². The van der Waals surface area contributed by atoms with Crippen molar-refractivity contribution in [2.75, 3.05) is 31.2 Å². The van der Waals surface area contributed by atoms with Crippen LogP contribution in [0.4, 0.5) is 10.2 Å². The first-order chi connectivity index (χ1) is 9.28. The van der Waals surface area contributed by atoms with Gasteiger partial charge in [-0.2, -0.15) is 8.75 Å². The number of nitrogens with zero attached hydrogens (tertiary/aromatic N) is 4. The number of piperidine rings is 1. The van der Waals surface area contributed by atoms with Gasteiger partial charge in [0.25, 0.3) is 0 Å². The lowest BCUT2D eigenvalue weighted by molar-refractivity contribution is -0.130. The lowest BCUT2D eigenvalue weighted by Crippen LogP contribution is -2.45. The molecule has 3 rings (SSSR count). The number of aromatic nitrogens is 2. The fourth-order valence-corrected chi connectivity index (χ4v) is 3.41. The minimum absolute atomic E-state index is 0.0896. The van der Waals surface area contributed by atoms with Gasteiger partial charge in [-0.1, -0.05) is 0 Å². The van der Waals surface area contributed by atoms with Gasteiger partial charge >= 0.3 is 0 Å². The quantitative estimate of drug-likeness (QED) is 0.840. The second-order valence-electron chi connectivity index (χ2n) is 5.25. The molecule has 5 nitrogen and oxygen atoms in total. The smallest absolute Gasteiger partial charge is 0.223 e. The van der Waals surface area contributed by atoms with Gasteiger partial charge < -0.3 is 9.80 Å². The van der Waals surface area contributed by atoms with Gasteiger partial charge in [0.2, 0.25) is 5.91 Å². The molecule has 3 heterocycles. The van der Waals surface area contributed by atoms with Crippen LogP contribution in [-0.4, -0.2) is 51.9 Å². The Labute approximate surface area is 115 Å². The summed E-state index contributed by atoms with van der Waals surface area (Å²) in [7, 11) is 0. The highest BCUT2D eigenvalue weighted by Crippen LogP contribution is 2.27. The van der Waals surface area contributed by atoms with Crippen molar-refractivity contribution in [3.63, 3.8) is 0 Å². The van der Waals surface area contributed by atoms with Crippen LogP contribution in [0.15, 0.2) is 6.20 Å². The Morgan fingerprint density at radius 1 is 1.42 bits per heavy atom. The summed E-state index contributed by atoms with van der Waals surface area (Å²) in [5.41, 5.74) is 0. The zero-order valence-electron chi connectivity index (χ0n) is 10.7. The molecule has 1 aromatic heterocycles. The van der Waals surface area contributed by atoms with E-state index in [1.54, 1.807) is 6.20 Å². The van der Waals surface area contributed by atoms with Crippen molar-refractivity contribution in [2.45, 2.75) is 25.3 Å². The molecule has 0 bridgehead atoms. The molecule has 1 amide bonds. The Morgan fingerprint density at radius 2 is 2.21 bits per heavy atom. The van der Waals surface area contributed by atoms with Crippen molar-refractivity contribution >= 4 is 23.5 Å². The minimum Gasteiger partial charge on any atom is -0.354 e. The lowest BCUT2D eigenvalue weighted by Gasteiger charge is -2.36. The zero-order chi connectivity index (χ0) is 13.2. The number of hydrogen-bond donors (Lipinski definition) is 0. The molecule has 0 saturated carbocycles. The summed E-state index contributed by atoms with van der Waals surface area (Å²) in [6.45, 7) is 1.99. The molecule has 1 aromatic rings. The molecule has 2 aliphatic heterocycles. The largest absolute Gasteiger partial charge is 0.354 e. The zero-order valence-corrected chi connectivity index (χ0v) is 11.5. The monoisotopic (exact) mass is 284 g/mol. The normalized spacial score (nSPS) is 25.3. The van der Waals surface area contributed by atoms with Crippen molar-refractivity contribution in [1.29, 1.82) is 0 Å². The van der Waals surface area contributed by atoms with E-state index in [0.717, 1.165) is 31.7 Å². The first-order valence-electron chi connectivity index (χ1n) is 6.66. The van der Waals surface area contributed by atoms with E-state index in [9.17, 15) is 9.18 Å². The number of carbonyl (C=O) groups is 1. The first kappa shape index (κ1) is 12.8. The third-order valence-corrected chi connectivity index (χ3v) is 4.50. The molecule has 0 N–H and O–H groups in total. The highest BCUT2D eigenvalue weighted by atomic mass is 32.1. The highest BCUT2D eigenvalue weighted by Gasteiger charge is 2.35. The summed E-state index contributed by atoms with van der Waals surface area (Å²) in [5, 5.41) is 0. The minimum atomic E-state index is -0.383. The number of hydrogen-bond acceptors (Lipinski definition) is 5. The van der Waals surface area contributed by atoms with Crippen molar-refractivity contribution in [2.24, 2.45) is 5.92 Å². The Balaban J connectivity index is 1.57. The summed E-state index contributed by atoms with van der Waals surface area (Å²) in [4.78, 5) is 16.0. The van der Waals surface area contributed by atoms with Gasteiger partial charge in [-0.25, -0.2) is 0 Å². The van der Waals surface area contributed by atoms with Crippen LogP contribution in [-0.2, 0) is 4.79 Å². The van der Waals surface area contributed by atoms with Crippen LogP contribution < -0.4 is 4.90 Å². The van der Waals surface area contributed by atoms with Gasteiger partial charge in [-0.15, -0.1) is 0 Å². The molecule has 0 aliphatic carbocycles. The van der Waals surface area contributed by atoms with Gasteiger partial charge in [0, 0.05) is 38.0 Å². The fourth-order valence-electron chi connectivity index (χ4n) is 2.97. The number of alkyl halides is 1. The predicted octanol–water partition coefficient (Wildman–Crippen LogP) is 1.32. The maximum absolute atomic E-state index is 12.7. The average molecular weight is 284 g/mol. The van der Waals surface area contributed by atoms with Crippen molar-refractivity contribution in [1.82, 2.24) is 13.6 Å². The van der Waals surface area contributed by atoms with Crippen LogP contribution in [0.1, 0.15) is 19.3 Å². The Bertz CT molecular complexity index is 433. The summed E-state index contributed by atoms with van der Waals surface area (Å²) in [6.07, 6.45) is 4.03. The van der Waals surface area contributed by atoms with E-state index in [1.807, 2.05) is 4.90 Å². The molecule has 104 valence electrons. The van der Waals surface area contributed by atoms with E-state index < -0.39 is 0 Å². The molecular weight excluding hydrogens is 267 g/mol. The molecule has 2 aliphatic rings. The molecule has 1 unspecified atom stereocenters. The molecule has 1 atom stereocenters. The second-order valence-corrected chi connectivity index (χ2v) is 5.81. The Morgan fingerprint density at radius 3 is 2.79 bits per heavy atom. The van der Waals surface area contributed by atoms with Crippen molar-refractivity contribution in [3.05, 3.63) is 6.20 Å². The average Bonchev–Trinajstić information content (AvgIpc) is 3.08. The molecule has 0 spiro atoms. The van der Waals surface area contributed by atoms with E-state index in [4.69, 9.17) is 0 Å². The van der Waals surface area contributed by atoms with E-state index in [0.29, 0.717) is 13.0 Å². The maximum Gasteiger partial charge on any atom is 0.223 e. The van der Waals surface area contributed by atoms with Crippen LogP contribution in [0.25, 0.3) is 0 Å². The standard InChI is InChI=1S/C12H17FN4OS/c13-6-9-5-12(18)17(8-9)10-1-3-16(4-2-10)11-7-14-19-15-11/h7,9-10H,1-6,8H2. The van der Waals surface area contributed by atoms with Crippen LogP contribution in [0.2, 0.25) is 0 Å². The maximum atomic E-state index is 12.7. The van der Waals surface area contributed by atoms with E-state index in [1.165, 1.54) is 11.7 Å². The lowest BCUT2D eigenvalue weighted by atomic mass is 10.0. The first-order valence-corrected chi connectivity index (χ1v) is 7.39. The van der Waals surface area contributed by atoms with Crippen LogP contribution in [0.5, 0.6) is 0 Å². The van der Waals surface area contributed by atoms with E-state index >= 15 is 0 Å². The molecule has 2 saturated heterocycles. The topological polar surface area (TPSA) is 49.3 Å². The SMILES string of the molecule is O=C1CC(CF)CN1C1CCN(c2cnsn2)CC1.